The van der Waals surface area contributed by atoms with Gasteiger partial charge in [-0.25, -0.2) is 0 Å². The topological polar surface area (TPSA) is 57.2 Å². The summed E-state index contributed by atoms with van der Waals surface area (Å²) in [5, 5.41) is 3.63. The van der Waals surface area contributed by atoms with E-state index in [9.17, 15) is 4.79 Å². The normalized spacial score (nSPS) is 24.8. The average Bonchev–Trinajstić information content (AvgIpc) is 3.25. The van der Waals surface area contributed by atoms with Crippen LogP contribution in [0.1, 0.15) is 37.7 Å². The van der Waals surface area contributed by atoms with Crippen molar-refractivity contribution in [2.75, 3.05) is 46.4 Å². The molecule has 6 heteroatoms. The molecule has 3 aliphatic rings. The number of nitrogens with one attached hydrogen (secondary N) is 1. The minimum atomic E-state index is -0.215. The molecule has 1 atom stereocenters. The Labute approximate surface area is 167 Å². The summed E-state index contributed by atoms with van der Waals surface area (Å²) in [6.07, 6.45) is 5.39. The van der Waals surface area contributed by atoms with Crippen LogP contribution in [-0.4, -0.2) is 74.1 Å². The van der Waals surface area contributed by atoms with E-state index in [-0.39, 0.29) is 17.4 Å². The first-order valence-corrected chi connectivity index (χ1v) is 10.6. The summed E-state index contributed by atoms with van der Waals surface area (Å²) < 4.78 is 5.56. The van der Waals surface area contributed by atoms with E-state index in [0.717, 1.165) is 58.1 Å². The van der Waals surface area contributed by atoms with Crippen LogP contribution in [0.25, 0.3) is 0 Å². The first-order chi connectivity index (χ1) is 13.7. The van der Waals surface area contributed by atoms with Gasteiger partial charge in [0.2, 0.25) is 0 Å². The Morgan fingerprint density at radius 3 is 2.43 bits per heavy atom. The van der Waals surface area contributed by atoms with Crippen LogP contribution in [0.5, 0.6) is 0 Å². The predicted molar refractivity (Wildman–Crippen MR) is 110 cm³/mol. The van der Waals surface area contributed by atoms with E-state index in [1.807, 2.05) is 11.9 Å². The van der Waals surface area contributed by atoms with Gasteiger partial charge in [-0.3, -0.25) is 9.79 Å². The highest BCUT2D eigenvalue weighted by molar-refractivity contribution is 5.83. The van der Waals surface area contributed by atoms with Crippen molar-refractivity contribution in [3.8, 4) is 0 Å². The lowest BCUT2D eigenvalue weighted by atomic mass is 9.64. The molecule has 1 aromatic carbocycles. The maximum atomic E-state index is 12.5. The first-order valence-electron chi connectivity index (χ1n) is 10.6. The molecule has 1 aliphatic carbocycles. The van der Waals surface area contributed by atoms with Crippen molar-refractivity contribution in [2.24, 2.45) is 4.99 Å². The summed E-state index contributed by atoms with van der Waals surface area (Å²) >= 11 is 0. The molecule has 6 nitrogen and oxygen atoms in total. The van der Waals surface area contributed by atoms with Gasteiger partial charge in [0.05, 0.1) is 0 Å². The molecule has 152 valence electrons. The number of aliphatic imine (C=N–C) groups is 1. The Kier molecular flexibility index (Phi) is 5.85. The first kappa shape index (κ1) is 19.2. The molecule has 1 N–H and O–H groups in total. The van der Waals surface area contributed by atoms with Crippen LogP contribution in [-0.2, 0) is 14.9 Å². The third kappa shape index (κ3) is 3.88. The van der Waals surface area contributed by atoms with Crippen LogP contribution < -0.4 is 5.32 Å². The highest BCUT2D eigenvalue weighted by atomic mass is 16.5. The molecule has 28 heavy (non-hydrogen) atoms. The summed E-state index contributed by atoms with van der Waals surface area (Å²) in [5.74, 6) is 1.11. The molecule has 2 aliphatic heterocycles. The maximum Gasteiger partial charge on any atom is 0.251 e. The molecule has 0 bridgehead atoms. The van der Waals surface area contributed by atoms with Gasteiger partial charge in [-0.15, -0.1) is 0 Å². The van der Waals surface area contributed by atoms with Crippen molar-refractivity contribution in [3.05, 3.63) is 35.9 Å². The van der Waals surface area contributed by atoms with Crippen molar-refractivity contribution < 1.29 is 9.53 Å². The highest BCUT2D eigenvalue weighted by Crippen LogP contribution is 2.43. The molecule has 3 fully saturated rings. The fourth-order valence-electron chi connectivity index (χ4n) is 4.66. The van der Waals surface area contributed by atoms with Crippen LogP contribution in [0.15, 0.2) is 35.3 Å². The molecule has 1 saturated carbocycles. The monoisotopic (exact) mass is 384 g/mol. The van der Waals surface area contributed by atoms with E-state index < -0.39 is 0 Å². The molecule has 0 spiro atoms. The summed E-state index contributed by atoms with van der Waals surface area (Å²) in [6.45, 7) is 4.74. The van der Waals surface area contributed by atoms with Crippen molar-refractivity contribution in [2.45, 2.75) is 43.6 Å². The zero-order valence-corrected chi connectivity index (χ0v) is 16.9. The largest absolute Gasteiger partial charge is 0.368 e. The third-order valence-electron chi connectivity index (χ3n) is 6.59. The van der Waals surface area contributed by atoms with Crippen LogP contribution in [0.3, 0.4) is 0 Å². The third-order valence-corrected chi connectivity index (χ3v) is 6.59. The van der Waals surface area contributed by atoms with Gasteiger partial charge in [-0.2, -0.15) is 0 Å². The Morgan fingerprint density at radius 1 is 1.14 bits per heavy atom. The van der Waals surface area contributed by atoms with Gasteiger partial charge in [0.25, 0.3) is 5.91 Å². The highest BCUT2D eigenvalue weighted by Gasteiger charge is 2.39. The number of piperazine rings is 1. The molecule has 0 radical (unpaired) electrons. The SMILES string of the molecule is CN=C(NCC1(c2ccccc2)CCC1)N1CCN(C(=O)C2CCCO2)CC1. The Morgan fingerprint density at radius 2 is 1.86 bits per heavy atom. The molecular formula is C22H32N4O2. The van der Waals surface area contributed by atoms with Crippen molar-refractivity contribution in [1.82, 2.24) is 15.1 Å². The van der Waals surface area contributed by atoms with Gasteiger partial charge >= 0.3 is 0 Å². The van der Waals surface area contributed by atoms with E-state index in [4.69, 9.17) is 4.74 Å². The number of guanidine groups is 1. The molecule has 2 saturated heterocycles. The lowest BCUT2D eigenvalue weighted by Crippen LogP contribution is -2.57. The van der Waals surface area contributed by atoms with E-state index in [0.29, 0.717) is 0 Å². The van der Waals surface area contributed by atoms with Crippen LogP contribution in [0.2, 0.25) is 0 Å². The summed E-state index contributed by atoms with van der Waals surface area (Å²) in [4.78, 5) is 21.3. The Balaban J connectivity index is 1.31. The molecule has 1 aromatic rings. The van der Waals surface area contributed by atoms with Crippen LogP contribution >= 0.6 is 0 Å². The van der Waals surface area contributed by atoms with Gasteiger partial charge in [-0.1, -0.05) is 36.8 Å². The number of hydrogen-bond donors (Lipinski definition) is 1. The summed E-state index contributed by atoms with van der Waals surface area (Å²) in [7, 11) is 1.85. The summed E-state index contributed by atoms with van der Waals surface area (Å²) in [6, 6.07) is 10.8. The van der Waals surface area contributed by atoms with Gasteiger partial charge in [0.15, 0.2) is 5.96 Å². The quantitative estimate of drug-likeness (QED) is 0.637. The van der Waals surface area contributed by atoms with Crippen LogP contribution in [0.4, 0.5) is 0 Å². The number of ether oxygens (including phenoxy) is 1. The average molecular weight is 385 g/mol. The van der Waals surface area contributed by atoms with E-state index in [1.54, 1.807) is 0 Å². The lowest BCUT2D eigenvalue weighted by Gasteiger charge is -2.44. The molecule has 0 aromatic heterocycles. The second-order valence-electron chi connectivity index (χ2n) is 8.21. The molecule has 2 heterocycles. The van der Waals surface area contributed by atoms with Crippen molar-refractivity contribution in [1.29, 1.82) is 0 Å². The molecule has 4 rings (SSSR count). The van der Waals surface area contributed by atoms with Gasteiger partial charge < -0.3 is 19.9 Å². The zero-order valence-electron chi connectivity index (χ0n) is 16.9. The van der Waals surface area contributed by atoms with Crippen molar-refractivity contribution in [3.63, 3.8) is 0 Å². The van der Waals surface area contributed by atoms with Gasteiger partial charge in [0.1, 0.15) is 6.10 Å². The number of benzene rings is 1. The van der Waals surface area contributed by atoms with Gasteiger partial charge in [0, 0.05) is 51.8 Å². The number of hydrogen-bond acceptors (Lipinski definition) is 3. The van der Waals surface area contributed by atoms with Gasteiger partial charge in [-0.05, 0) is 31.2 Å². The second kappa shape index (κ2) is 8.52. The summed E-state index contributed by atoms with van der Waals surface area (Å²) in [5.41, 5.74) is 1.66. The minimum absolute atomic E-state index is 0.164. The van der Waals surface area contributed by atoms with E-state index >= 15 is 0 Å². The standard InChI is InChI=1S/C22H32N4O2/c1-23-21(24-17-22(10-6-11-22)18-7-3-2-4-8-18)26-14-12-25(13-15-26)20(27)19-9-5-16-28-19/h2-4,7-8,19H,5-6,9-17H2,1H3,(H,23,24). The smallest absolute Gasteiger partial charge is 0.251 e. The maximum absolute atomic E-state index is 12.5. The molecule has 1 unspecified atom stereocenters. The Hall–Kier alpha value is -2.08. The minimum Gasteiger partial charge on any atom is -0.368 e. The zero-order chi connectivity index (χ0) is 19.4. The number of nitrogens with zero attached hydrogens (tertiary/aromatic N) is 3. The fourth-order valence-corrected chi connectivity index (χ4v) is 4.66. The number of amides is 1. The van der Waals surface area contributed by atoms with E-state index in [2.05, 4.69) is 45.5 Å². The number of carbonyl (C=O) groups excluding carboxylic acids is 1. The van der Waals surface area contributed by atoms with Crippen molar-refractivity contribution >= 4 is 11.9 Å². The molecule has 1 amide bonds. The number of carbonyl (C=O) groups is 1. The molecular weight excluding hydrogens is 352 g/mol. The van der Waals surface area contributed by atoms with Crippen LogP contribution in [0, 0.1) is 0 Å². The fraction of sp³-hybridized carbons (Fsp3) is 0.636. The van der Waals surface area contributed by atoms with E-state index in [1.165, 1.54) is 24.8 Å². The number of rotatable bonds is 4. The Bertz CT molecular complexity index is 688. The predicted octanol–water partition coefficient (Wildman–Crippen LogP) is 2.01. The second-order valence-corrected chi connectivity index (χ2v) is 8.21. The lowest BCUT2D eigenvalue weighted by molar-refractivity contribution is -0.142.